The molecule has 0 spiro atoms. The maximum Gasteiger partial charge on any atom is 0.191 e. The first-order valence-electron chi connectivity index (χ1n) is 8.79. The zero-order valence-electron chi connectivity index (χ0n) is 15.2. The van der Waals surface area contributed by atoms with Crippen molar-refractivity contribution in [2.75, 3.05) is 32.1 Å². The van der Waals surface area contributed by atoms with Gasteiger partial charge in [-0.05, 0) is 36.2 Å². The molecule has 0 bridgehead atoms. The van der Waals surface area contributed by atoms with Gasteiger partial charge in [-0.2, -0.15) is 0 Å². The van der Waals surface area contributed by atoms with E-state index in [0.717, 1.165) is 42.5 Å². The molecule has 1 atom stereocenters. The molecule has 2 aromatic carbocycles. The lowest BCUT2D eigenvalue weighted by molar-refractivity contribution is 0.415. The summed E-state index contributed by atoms with van der Waals surface area (Å²) in [4.78, 5) is 6.62. The summed E-state index contributed by atoms with van der Waals surface area (Å²) in [6.45, 7) is 2.45. The summed E-state index contributed by atoms with van der Waals surface area (Å²) < 4.78 is 18.4. The second-order valence-electron chi connectivity index (χ2n) is 6.30. The summed E-state index contributed by atoms with van der Waals surface area (Å²) in [6, 6.07) is 14.9. The Morgan fingerprint density at radius 3 is 2.73 bits per heavy atom. The quantitative estimate of drug-likeness (QED) is 0.639. The van der Waals surface area contributed by atoms with Crippen LogP contribution in [0.2, 0.25) is 0 Å². The lowest BCUT2D eigenvalue weighted by atomic mass is 10.2. The Hall–Kier alpha value is -2.76. The first-order valence-corrected chi connectivity index (χ1v) is 8.79. The second-order valence-corrected chi connectivity index (χ2v) is 6.30. The minimum Gasteiger partial charge on any atom is -0.495 e. The zero-order chi connectivity index (χ0) is 18.4. The topological polar surface area (TPSA) is 48.9 Å². The molecule has 2 N–H and O–H groups in total. The summed E-state index contributed by atoms with van der Waals surface area (Å²) in [5.41, 5.74) is 2.13. The van der Waals surface area contributed by atoms with Gasteiger partial charge in [0, 0.05) is 32.7 Å². The average Bonchev–Trinajstić information content (AvgIpc) is 3.14. The maximum atomic E-state index is 13.0. The Balaban J connectivity index is 1.54. The van der Waals surface area contributed by atoms with Crippen molar-refractivity contribution < 1.29 is 9.13 Å². The highest BCUT2D eigenvalue weighted by molar-refractivity contribution is 5.80. The van der Waals surface area contributed by atoms with Crippen molar-refractivity contribution in [3.8, 4) is 5.75 Å². The van der Waals surface area contributed by atoms with E-state index in [-0.39, 0.29) is 5.82 Å². The van der Waals surface area contributed by atoms with E-state index < -0.39 is 0 Å². The Morgan fingerprint density at radius 2 is 2.00 bits per heavy atom. The molecule has 0 aromatic heterocycles. The van der Waals surface area contributed by atoms with E-state index in [0.29, 0.717) is 12.6 Å². The number of halogens is 1. The lowest BCUT2D eigenvalue weighted by Crippen LogP contribution is -2.44. The number of rotatable bonds is 5. The van der Waals surface area contributed by atoms with Crippen molar-refractivity contribution in [1.82, 2.24) is 10.6 Å². The van der Waals surface area contributed by atoms with E-state index in [1.54, 1.807) is 26.3 Å². The van der Waals surface area contributed by atoms with Crippen molar-refractivity contribution in [2.24, 2.45) is 4.99 Å². The molecule has 138 valence electrons. The van der Waals surface area contributed by atoms with Crippen LogP contribution in [0, 0.1) is 5.82 Å². The molecular formula is C20H25FN4O. The molecule has 1 aliphatic rings. The van der Waals surface area contributed by atoms with Crippen molar-refractivity contribution in [1.29, 1.82) is 0 Å². The molecule has 0 saturated carbocycles. The molecule has 2 aromatic rings. The van der Waals surface area contributed by atoms with Crippen LogP contribution in [0.5, 0.6) is 5.75 Å². The highest BCUT2D eigenvalue weighted by atomic mass is 19.1. The molecule has 0 radical (unpaired) electrons. The molecule has 1 fully saturated rings. The number of nitrogens with zero attached hydrogens (tertiary/aromatic N) is 2. The summed E-state index contributed by atoms with van der Waals surface area (Å²) in [7, 11) is 3.46. The molecule has 1 heterocycles. The van der Waals surface area contributed by atoms with E-state index >= 15 is 0 Å². The van der Waals surface area contributed by atoms with E-state index in [9.17, 15) is 4.39 Å². The van der Waals surface area contributed by atoms with Gasteiger partial charge < -0.3 is 20.3 Å². The molecule has 0 aliphatic carbocycles. The van der Waals surface area contributed by atoms with Crippen LogP contribution in [0.15, 0.2) is 53.5 Å². The fourth-order valence-electron chi connectivity index (χ4n) is 3.16. The number of para-hydroxylation sites is 2. The number of guanidine groups is 1. The van der Waals surface area contributed by atoms with Crippen LogP contribution < -0.4 is 20.3 Å². The van der Waals surface area contributed by atoms with E-state index in [1.165, 1.54) is 12.1 Å². The Kier molecular flexibility index (Phi) is 5.94. The number of aliphatic imine (C=N–C) groups is 1. The smallest absolute Gasteiger partial charge is 0.191 e. The highest BCUT2D eigenvalue weighted by Crippen LogP contribution is 2.30. The lowest BCUT2D eigenvalue weighted by Gasteiger charge is -2.22. The predicted molar refractivity (Wildman–Crippen MR) is 103 cm³/mol. The van der Waals surface area contributed by atoms with Gasteiger partial charge in [0.25, 0.3) is 0 Å². The molecule has 1 saturated heterocycles. The fraction of sp³-hybridized carbons (Fsp3) is 0.350. The van der Waals surface area contributed by atoms with Gasteiger partial charge in [0.05, 0.1) is 12.8 Å². The SMILES string of the molecule is CN=C(NCc1ccc(F)cc1)NC1CCN(c2ccccc2OC)C1. The van der Waals surface area contributed by atoms with Gasteiger partial charge in [0.2, 0.25) is 0 Å². The normalized spacial score (nSPS) is 17.3. The number of benzene rings is 2. The summed E-state index contributed by atoms with van der Waals surface area (Å²) in [5.74, 6) is 1.42. The first kappa shape index (κ1) is 18.0. The van der Waals surface area contributed by atoms with E-state index in [1.807, 2.05) is 18.2 Å². The van der Waals surface area contributed by atoms with Crippen molar-refractivity contribution in [2.45, 2.75) is 19.0 Å². The van der Waals surface area contributed by atoms with Crippen LogP contribution in [-0.4, -0.2) is 39.2 Å². The van der Waals surface area contributed by atoms with Crippen molar-refractivity contribution in [3.05, 3.63) is 59.9 Å². The molecule has 0 amide bonds. The van der Waals surface area contributed by atoms with Gasteiger partial charge in [0.15, 0.2) is 5.96 Å². The molecule has 1 aliphatic heterocycles. The highest BCUT2D eigenvalue weighted by Gasteiger charge is 2.25. The second kappa shape index (κ2) is 8.56. The molecule has 26 heavy (non-hydrogen) atoms. The average molecular weight is 356 g/mol. The van der Waals surface area contributed by atoms with Gasteiger partial charge in [-0.25, -0.2) is 4.39 Å². The summed E-state index contributed by atoms with van der Waals surface area (Å²) in [5, 5.41) is 6.75. The Labute approximate surface area is 153 Å². The molecule has 3 rings (SSSR count). The van der Waals surface area contributed by atoms with Crippen LogP contribution in [0.25, 0.3) is 0 Å². The van der Waals surface area contributed by atoms with Crippen LogP contribution in [0.3, 0.4) is 0 Å². The third-order valence-corrected chi connectivity index (χ3v) is 4.55. The van der Waals surface area contributed by atoms with E-state index in [4.69, 9.17) is 4.74 Å². The minimum absolute atomic E-state index is 0.223. The number of methoxy groups -OCH3 is 1. The maximum absolute atomic E-state index is 13.0. The van der Waals surface area contributed by atoms with Crippen LogP contribution in [0.4, 0.5) is 10.1 Å². The monoisotopic (exact) mass is 356 g/mol. The fourth-order valence-corrected chi connectivity index (χ4v) is 3.16. The van der Waals surface area contributed by atoms with Crippen LogP contribution in [-0.2, 0) is 6.54 Å². The molecular weight excluding hydrogens is 331 g/mol. The minimum atomic E-state index is -0.223. The van der Waals surface area contributed by atoms with Gasteiger partial charge >= 0.3 is 0 Å². The van der Waals surface area contributed by atoms with Gasteiger partial charge in [-0.1, -0.05) is 24.3 Å². The number of ether oxygens (including phenoxy) is 1. The Bertz CT molecular complexity index is 748. The standard InChI is InChI=1S/C20H25FN4O/c1-22-20(23-13-15-7-9-16(21)10-8-15)24-17-11-12-25(14-17)18-5-3-4-6-19(18)26-2/h3-10,17H,11-14H2,1-2H3,(H2,22,23,24). The third-order valence-electron chi connectivity index (χ3n) is 4.55. The summed E-state index contributed by atoms with van der Waals surface area (Å²) in [6.07, 6.45) is 1.02. The zero-order valence-corrected chi connectivity index (χ0v) is 15.2. The number of hydrogen-bond acceptors (Lipinski definition) is 3. The number of anilines is 1. The van der Waals surface area contributed by atoms with Crippen molar-refractivity contribution >= 4 is 11.6 Å². The molecule has 1 unspecified atom stereocenters. The van der Waals surface area contributed by atoms with Gasteiger partial charge in [-0.15, -0.1) is 0 Å². The number of nitrogens with one attached hydrogen (secondary N) is 2. The summed E-state index contributed by atoms with van der Waals surface area (Å²) >= 11 is 0. The van der Waals surface area contributed by atoms with Crippen LogP contribution in [0.1, 0.15) is 12.0 Å². The predicted octanol–water partition coefficient (Wildman–Crippen LogP) is 2.78. The van der Waals surface area contributed by atoms with Gasteiger partial charge in [-0.3, -0.25) is 4.99 Å². The number of hydrogen-bond donors (Lipinski definition) is 2. The van der Waals surface area contributed by atoms with Crippen molar-refractivity contribution in [3.63, 3.8) is 0 Å². The van der Waals surface area contributed by atoms with Gasteiger partial charge in [0.1, 0.15) is 11.6 Å². The first-order chi connectivity index (χ1) is 12.7. The van der Waals surface area contributed by atoms with E-state index in [2.05, 4.69) is 26.6 Å². The third kappa shape index (κ3) is 4.45. The molecule has 5 nitrogen and oxygen atoms in total. The molecule has 6 heteroatoms. The van der Waals surface area contributed by atoms with Crippen LogP contribution >= 0.6 is 0 Å². The largest absolute Gasteiger partial charge is 0.495 e. The Morgan fingerprint density at radius 1 is 1.23 bits per heavy atom.